The smallest absolute Gasteiger partial charge is 0.223 e. The normalized spacial score (nSPS) is 16.3. The highest BCUT2D eigenvalue weighted by Gasteiger charge is 2.24. The highest BCUT2D eigenvalue weighted by atomic mass is 16.1. The highest BCUT2D eigenvalue weighted by Crippen LogP contribution is 2.17. The number of fused-ring (bicyclic) bond motifs is 1. The van der Waals surface area contributed by atoms with Crippen LogP contribution in [0.1, 0.15) is 24.1 Å². The van der Waals surface area contributed by atoms with E-state index in [0.717, 1.165) is 37.3 Å². The molecule has 1 aliphatic heterocycles. The third-order valence-electron chi connectivity index (χ3n) is 4.38. The summed E-state index contributed by atoms with van der Waals surface area (Å²) in [5.41, 5.74) is 2.97. The first-order chi connectivity index (χ1) is 11.2. The zero-order chi connectivity index (χ0) is 16.2. The predicted octanol–water partition coefficient (Wildman–Crippen LogP) is 1.60. The summed E-state index contributed by atoms with van der Waals surface area (Å²) in [6.45, 7) is 4.99. The fourth-order valence-corrected chi connectivity index (χ4v) is 3.03. The molecule has 0 saturated carbocycles. The van der Waals surface area contributed by atoms with Gasteiger partial charge in [0.05, 0.1) is 18.8 Å². The third-order valence-corrected chi connectivity index (χ3v) is 4.38. The molecule has 0 spiro atoms. The average Bonchev–Trinajstić information content (AvgIpc) is 2.95. The lowest BCUT2D eigenvalue weighted by atomic mass is 9.96. The number of pyridine rings is 1. The van der Waals surface area contributed by atoms with E-state index >= 15 is 0 Å². The van der Waals surface area contributed by atoms with Crippen molar-refractivity contribution >= 4 is 11.6 Å². The van der Waals surface area contributed by atoms with Crippen molar-refractivity contribution in [3.05, 3.63) is 35.8 Å². The fraction of sp³-hybridized carbons (Fsp3) is 0.444. The van der Waals surface area contributed by atoms with Crippen LogP contribution in [0, 0.1) is 25.2 Å². The second kappa shape index (κ2) is 6.84. The zero-order valence-corrected chi connectivity index (χ0v) is 13.5. The molecule has 23 heavy (non-hydrogen) atoms. The first-order valence-electron chi connectivity index (χ1n) is 8.03. The van der Waals surface area contributed by atoms with Crippen LogP contribution in [0.2, 0.25) is 0 Å². The Morgan fingerprint density at radius 1 is 1.48 bits per heavy atom. The van der Waals surface area contributed by atoms with Gasteiger partial charge in [0.25, 0.3) is 0 Å². The summed E-state index contributed by atoms with van der Waals surface area (Å²) < 4.78 is 1.98. The number of imidazole rings is 1. The van der Waals surface area contributed by atoms with Gasteiger partial charge in [0.15, 0.2) is 0 Å². The maximum absolute atomic E-state index is 12.3. The molecule has 1 fully saturated rings. The van der Waals surface area contributed by atoms with E-state index in [4.69, 9.17) is 6.42 Å². The molecular formula is C18H22N4O. The molecule has 2 aromatic rings. The molecule has 0 bridgehead atoms. The predicted molar refractivity (Wildman–Crippen MR) is 89.8 cm³/mol. The third kappa shape index (κ3) is 3.72. The van der Waals surface area contributed by atoms with Gasteiger partial charge in [-0.2, -0.15) is 0 Å². The number of hydrogen-bond donors (Lipinski definition) is 1. The molecule has 5 nitrogen and oxygen atoms in total. The van der Waals surface area contributed by atoms with Crippen LogP contribution >= 0.6 is 0 Å². The van der Waals surface area contributed by atoms with E-state index in [0.29, 0.717) is 13.1 Å². The number of rotatable bonds is 4. The van der Waals surface area contributed by atoms with E-state index in [-0.39, 0.29) is 11.8 Å². The van der Waals surface area contributed by atoms with Crippen LogP contribution in [0.4, 0.5) is 0 Å². The van der Waals surface area contributed by atoms with Crippen LogP contribution in [-0.4, -0.2) is 39.8 Å². The van der Waals surface area contributed by atoms with Gasteiger partial charge in [0.2, 0.25) is 5.91 Å². The Morgan fingerprint density at radius 3 is 3.00 bits per heavy atom. The number of nitrogens with one attached hydrogen (secondary N) is 1. The summed E-state index contributed by atoms with van der Waals surface area (Å²) in [7, 11) is 0. The van der Waals surface area contributed by atoms with Crippen LogP contribution < -0.4 is 5.32 Å². The Balaban J connectivity index is 1.53. The second-order valence-electron chi connectivity index (χ2n) is 6.17. The minimum absolute atomic E-state index is 0.0864. The van der Waals surface area contributed by atoms with E-state index in [1.165, 1.54) is 5.56 Å². The Kier molecular flexibility index (Phi) is 4.63. The maximum atomic E-state index is 12.3. The second-order valence-corrected chi connectivity index (χ2v) is 6.17. The van der Waals surface area contributed by atoms with Crippen molar-refractivity contribution in [1.29, 1.82) is 0 Å². The summed E-state index contributed by atoms with van der Waals surface area (Å²) >= 11 is 0. The lowest BCUT2D eigenvalue weighted by Crippen LogP contribution is -2.40. The fourth-order valence-electron chi connectivity index (χ4n) is 3.03. The summed E-state index contributed by atoms with van der Waals surface area (Å²) in [5.74, 6) is 2.87. The number of carbonyl (C=O) groups excluding carboxylic acids is 1. The highest BCUT2D eigenvalue weighted by molar-refractivity contribution is 5.78. The van der Waals surface area contributed by atoms with Gasteiger partial charge in [-0.05, 0) is 50.6 Å². The quantitative estimate of drug-likeness (QED) is 0.873. The number of nitrogens with zero attached hydrogens (tertiary/aromatic N) is 3. The van der Waals surface area contributed by atoms with Gasteiger partial charge in [-0.15, -0.1) is 6.42 Å². The van der Waals surface area contributed by atoms with Gasteiger partial charge in [-0.1, -0.05) is 5.92 Å². The molecule has 3 heterocycles. The molecule has 1 saturated heterocycles. The standard InChI is InChI=1S/C18H22N4O/c1-3-7-21-8-5-15(6-9-21)18(23)19-12-16-13-22-10-4-14(2)11-17(22)20-16/h1,4,10-11,13,15H,5-9,12H2,2H3,(H,19,23). The molecule has 3 rings (SSSR count). The number of terminal acetylenes is 1. The van der Waals surface area contributed by atoms with Crippen molar-refractivity contribution in [3.8, 4) is 12.3 Å². The summed E-state index contributed by atoms with van der Waals surface area (Å²) in [6, 6.07) is 4.08. The molecule has 1 amide bonds. The molecule has 120 valence electrons. The first kappa shape index (κ1) is 15.6. The van der Waals surface area contributed by atoms with E-state index < -0.39 is 0 Å². The molecule has 0 atom stereocenters. The van der Waals surface area contributed by atoms with Crippen molar-refractivity contribution in [2.75, 3.05) is 19.6 Å². The summed E-state index contributed by atoms with van der Waals surface area (Å²) in [4.78, 5) is 19.1. The van der Waals surface area contributed by atoms with Gasteiger partial charge in [0, 0.05) is 18.3 Å². The Labute approximate surface area is 136 Å². The van der Waals surface area contributed by atoms with Crippen LogP contribution in [0.25, 0.3) is 5.65 Å². The Morgan fingerprint density at radius 2 is 2.26 bits per heavy atom. The van der Waals surface area contributed by atoms with E-state index in [1.807, 2.05) is 35.9 Å². The molecule has 1 N–H and O–H groups in total. The van der Waals surface area contributed by atoms with Crippen LogP contribution in [-0.2, 0) is 11.3 Å². The largest absolute Gasteiger partial charge is 0.350 e. The number of hydrogen-bond acceptors (Lipinski definition) is 3. The number of aryl methyl sites for hydroxylation is 1. The molecule has 5 heteroatoms. The molecule has 0 aromatic carbocycles. The molecule has 0 aliphatic carbocycles. The van der Waals surface area contributed by atoms with Gasteiger partial charge >= 0.3 is 0 Å². The van der Waals surface area contributed by atoms with E-state index in [1.54, 1.807) is 0 Å². The number of piperidine rings is 1. The SMILES string of the molecule is C#CCN1CCC(C(=O)NCc2cn3ccc(C)cc3n2)CC1. The molecular weight excluding hydrogens is 288 g/mol. The van der Waals surface area contributed by atoms with E-state index in [2.05, 4.69) is 21.1 Å². The number of aromatic nitrogens is 2. The summed E-state index contributed by atoms with van der Waals surface area (Å²) in [5, 5.41) is 3.02. The van der Waals surface area contributed by atoms with Crippen molar-refractivity contribution in [2.45, 2.75) is 26.3 Å². The molecule has 1 aliphatic rings. The van der Waals surface area contributed by atoms with Crippen molar-refractivity contribution in [1.82, 2.24) is 19.6 Å². The minimum Gasteiger partial charge on any atom is -0.350 e. The molecule has 2 aromatic heterocycles. The number of carbonyl (C=O) groups is 1. The topological polar surface area (TPSA) is 49.6 Å². The lowest BCUT2D eigenvalue weighted by molar-refractivity contribution is -0.126. The molecule has 0 radical (unpaired) electrons. The van der Waals surface area contributed by atoms with Crippen molar-refractivity contribution in [3.63, 3.8) is 0 Å². The lowest BCUT2D eigenvalue weighted by Gasteiger charge is -2.29. The molecule has 0 unspecified atom stereocenters. The Bertz CT molecular complexity index is 735. The van der Waals surface area contributed by atoms with Gasteiger partial charge < -0.3 is 9.72 Å². The number of likely N-dealkylation sites (tertiary alicyclic amines) is 1. The van der Waals surface area contributed by atoms with Gasteiger partial charge in [0.1, 0.15) is 5.65 Å². The van der Waals surface area contributed by atoms with Crippen LogP contribution in [0.3, 0.4) is 0 Å². The van der Waals surface area contributed by atoms with Crippen LogP contribution in [0.15, 0.2) is 24.5 Å². The monoisotopic (exact) mass is 310 g/mol. The van der Waals surface area contributed by atoms with Crippen molar-refractivity contribution < 1.29 is 4.79 Å². The summed E-state index contributed by atoms with van der Waals surface area (Å²) in [6.07, 6.45) is 11.0. The van der Waals surface area contributed by atoms with Crippen molar-refractivity contribution in [2.24, 2.45) is 5.92 Å². The number of amides is 1. The average molecular weight is 310 g/mol. The Hall–Kier alpha value is -2.32. The first-order valence-corrected chi connectivity index (χ1v) is 8.03. The minimum atomic E-state index is 0.0864. The van der Waals surface area contributed by atoms with Crippen LogP contribution in [0.5, 0.6) is 0 Å². The van der Waals surface area contributed by atoms with Gasteiger partial charge in [-0.25, -0.2) is 4.98 Å². The zero-order valence-electron chi connectivity index (χ0n) is 13.5. The maximum Gasteiger partial charge on any atom is 0.223 e. The van der Waals surface area contributed by atoms with Gasteiger partial charge in [-0.3, -0.25) is 9.69 Å². The van der Waals surface area contributed by atoms with E-state index in [9.17, 15) is 4.79 Å².